The number of benzene rings is 1. The first-order chi connectivity index (χ1) is 14.8. The lowest BCUT2D eigenvalue weighted by Crippen LogP contribution is -2.35. The molecule has 4 rings (SSSR count). The quantitative estimate of drug-likeness (QED) is 0.538. The van der Waals surface area contributed by atoms with E-state index in [2.05, 4.69) is 25.8 Å². The van der Waals surface area contributed by atoms with Crippen molar-refractivity contribution in [1.82, 2.24) is 20.5 Å². The zero-order valence-electron chi connectivity index (χ0n) is 17.3. The zero-order valence-corrected chi connectivity index (χ0v) is 18.1. The van der Waals surface area contributed by atoms with Gasteiger partial charge in [-0.3, -0.25) is 9.89 Å². The average Bonchev–Trinajstić information content (AvgIpc) is 3.37. The molecule has 0 radical (unpaired) electrons. The van der Waals surface area contributed by atoms with Crippen molar-refractivity contribution in [3.63, 3.8) is 0 Å². The number of sulfone groups is 1. The largest absolute Gasteiger partial charge is 0.354 e. The number of amides is 1. The van der Waals surface area contributed by atoms with E-state index in [0.717, 1.165) is 12.1 Å². The van der Waals surface area contributed by atoms with Gasteiger partial charge in [0.15, 0.2) is 5.82 Å². The van der Waals surface area contributed by atoms with Crippen LogP contribution in [0.5, 0.6) is 0 Å². The molecule has 1 aliphatic heterocycles. The number of aromatic amines is 1. The molecule has 1 fully saturated rings. The van der Waals surface area contributed by atoms with E-state index in [0.29, 0.717) is 30.5 Å². The van der Waals surface area contributed by atoms with Crippen LogP contribution in [-0.4, -0.2) is 48.6 Å². The monoisotopic (exact) mass is 440 g/mol. The van der Waals surface area contributed by atoms with Gasteiger partial charge in [-0.15, -0.1) is 0 Å². The molecule has 9 nitrogen and oxygen atoms in total. The van der Waals surface area contributed by atoms with Crippen LogP contribution in [0.3, 0.4) is 0 Å². The van der Waals surface area contributed by atoms with Crippen molar-refractivity contribution >= 4 is 33.2 Å². The predicted octanol–water partition coefficient (Wildman–Crippen LogP) is 2.40. The number of pyridine rings is 1. The van der Waals surface area contributed by atoms with E-state index in [9.17, 15) is 13.2 Å². The summed E-state index contributed by atoms with van der Waals surface area (Å²) in [6.45, 7) is 4.58. The van der Waals surface area contributed by atoms with Crippen LogP contribution in [0.15, 0.2) is 58.3 Å². The molecule has 0 spiro atoms. The highest BCUT2D eigenvalue weighted by Gasteiger charge is 2.27. The highest BCUT2D eigenvalue weighted by Crippen LogP contribution is 2.29. The van der Waals surface area contributed by atoms with E-state index in [1.807, 2.05) is 17.9 Å². The first-order valence-corrected chi connectivity index (χ1v) is 11.4. The number of rotatable bonds is 6. The van der Waals surface area contributed by atoms with Crippen LogP contribution in [0.2, 0.25) is 0 Å². The molecule has 3 N–H and O–H groups in total. The zero-order chi connectivity index (χ0) is 22.0. The molecule has 2 aromatic heterocycles. The van der Waals surface area contributed by atoms with Gasteiger partial charge in [0.25, 0.3) is 0 Å². The Morgan fingerprint density at radius 1 is 1.13 bits per heavy atom. The number of carbonyl (C=O) groups excluding carboxylic acids is 1. The number of hydrogen-bond acceptors (Lipinski definition) is 7. The van der Waals surface area contributed by atoms with E-state index in [4.69, 9.17) is 0 Å². The predicted molar refractivity (Wildman–Crippen MR) is 117 cm³/mol. The summed E-state index contributed by atoms with van der Waals surface area (Å²) in [5, 5.41) is 13.0. The fourth-order valence-electron chi connectivity index (χ4n) is 3.60. The summed E-state index contributed by atoms with van der Waals surface area (Å²) in [7, 11) is -3.74. The summed E-state index contributed by atoms with van der Waals surface area (Å²) >= 11 is 0. The van der Waals surface area contributed by atoms with Crippen LogP contribution >= 0.6 is 0 Å². The number of hydrogen-bond donors (Lipinski definition) is 3. The van der Waals surface area contributed by atoms with Gasteiger partial charge in [-0.25, -0.2) is 13.4 Å². The smallest absolute Gasteiger partial charge is 0.217 e. The van der Waals surface area contributed by atoms with Crippen LogP contribution in [0.25, 0.3) is 0 Å². The normalized spacial score (nSPS) is 16.3. The molecule has 1 amide bonds. The Hall–Kier alpha value is -3.40. The molecule has 1 saturated heterocycles. The van der Waals surface area contributed by atoms with Gasteiger partial charge in [-0.2, -0.15) is 5.10 Å². The van der Waals surface area contributed by atoms with E-state index < -0.39 is 9.84 Å². The molecule has 162 valence electrons. The van der Waals surface area contributed by atoms with E-state index in [-0.39, 0.29) is 21.7 Å². The minimum absolute atomic E-state index is 0.000846. The standard InChI is InChI=1S/C21H24N6O3S/c1-14-10-20(26-25-14)23-19-11-18(31(29,30)17-6-4-3-5-7-17)12-21(24-19)27-9-8-16(13-27)22-15(2)28/h3-7,10-12,16H,8-9,13H2,1-2H3,(H,22,28)(H2,23,24,25,26)/t16-/m1/s1. The van der Waals surface area contributed by atoms with Gasteiger partial charge in [-0.1, -0.05) is 18.2 Å². The molecule has 1 aliphatic rings. The maximum atomic E-state index is 13.3. The number of anilines is 3. The molecule has 3 aromatic rings. The molecule has 31 heavy (non-hydrogen) atoms. The Balaban J connectivity index is 1.71. The lowest BCUT2D eigenvalue weighted by molar-refractivity contribution is -0.119. The van der Waals surface area contributed by atoms with Gasteiger partial charge in [0.2, 0.25) is 15.7 Å². The fourth-order valence-corrected chi connectivity index (χ4v) is 4.91. The highest BCUT2D eigenvalue weighted by molar-refractivity contribution is 7.91. The third-order valence-electron chi connectivity index (χ3n) is 5.03. The van der Waals surface area contributed by atoms with Gasteiger partial charge < -0.3 is 15.5 Å². The van der Waals surface area contributed by atoms with Crippen molar-refractivity contribution in [2.45, 2.75) is 36.1 Å². The summed E-state index contributed by atoms with van der Waals surface area (Å²) in [4.78, 5) is 18.4. The maximum Gasteiger partial charge on any atom is 0.217 e. The number of nitrogens with one attached hydrogen (secondary N) is 3. The number of aromatic nitrogens is 3. The maximum absolute atomic E-state index is 13.3. The van der Waals surface area contributed by atoms with Gasteiger partial charge in [-0.05, 0) is 31.5 Å². The SMILES string of the molecule is CC(=O)N[C@@H]1CCN(c2cc(S(=O)(=O)c3ccccc3)cc(Nc3cc(C)[nH]n3)n2)C1. The second-order valence-electron chi connectivity index (χ2n) is 7.56. The van der Waals surface area contributed by atoms with Gasteiger partial charge in [0, 0.05) is 43.9 Å². The first kappa shape index (κ1) is 20.9. The molecule has 0 aliphatic carbocycles. The third-order valence-corrected chi connectivity index (χ3v) is 6.78. The Labute approximate surface area is 180 Å². The van der Waals surface area contributed by atoms with Crippen LogP contribution in [0.1, 0.15) is 19.0 Å². The molecule has 0 saturated carbocycles. The van der Waals surface area contributed by atoms with Gasteiger partial charge in [0.05, 0.1) is 9.79 Å². The van der Waals surface area contributed by atoms with Crippen LogP contribution in [0, 0.1) is 6.92 Å². The van der Waals surface area contributed by atoms with Gasteiger partial charge in [0.1, 0.15) is 11.6 Å². The first-order valence-electron chi connectivity index (χ1n) is 9.94. The molecule has 0 unspecified atom stereocenters. The molecule has 3 heterocycles. The Morgan fingerprint density at radius 2 is 1.90 bits per heavy atom. The fraction of sp³-hybridized carbons (Fsp3) is 0.286. The number of nitrogens with zero attached hydrogens (tertiary/aromatic N) is 3. The van der Waals surface area contributed by atoms with Crippen LogP contribution in [0.4, 0.5) is 17.5 Å². The second kappa shape index (κ2) is 8.38. The summed E-state index contributed by atoms with van der Waals surface area (Å²) in [5.41, 5.74) is 0.869. The van der Waals surface area contributed by atoms with Crippen molar-refractivity contribution in [2.24, 2.45) is 0 Å². The van der Waals surface area contributed by atoms with E-state index >= 15 is 0 Å². The molecular weight excluding hydrogens is 416 g/mol. The van der Waals surface area contributed by atoms with E-state index in [1.165, 1.54) is 13.0 Å². The summed E-state index contributed by atoms with van der Waals surface area (Å²) in [6, 6.07) is 13.2. The molecular formula is C21H24N6O3S. The van der Waals surface area contributed by atoms with Crippen molar-refractivity contribution in [2.75, 3.05) is 23.3 Å². The lowest BCUT2D eigenvalue weighted by Gasteiger charge is -2.20. The number of H-pyrrole nitrogens is 1. The lowest BCUT2D eigenvalue weighted by atomic mass is 10.2. The Kier molecular flexibility index (Phi) is 5.64. The number of aryl methyl sites for hydroxylation is 1. The van der Waals surface area contributed by atoms with Crippen molar-refractivity contribution < 1.29 is 13.2 Å². The van der Waals surface area contributed by atoms with Crippen LogP contribution in [-0.2, 0) is 14.6 Å². The second-order valence-corrected chi connectivity index (χ2v) is 9.51. The minimum Gasteiger partial charge on any atom is -0.354 e. The molecule has 0 bridgehead atoms. The number of carbonyl (C=O) groups is 1. The van der Waals surface area contributed by atoms with Gasteiger partial charge >= 0.3 is 0 Å². The van der Waals surface area contributed by atoms with Crippen LogP contribution < -0.4 is 15.5 Å². The summed E-state index contributed by atoms with van der Waals surface area (Å²) in [6.07, 6.45) is 0.762. The average molecular weight is 441 g/mol. The van der Waals surface area contributed by atoms with E-state index in [1.54, 1.807) is 36.4 Å². The molecule has 10 heteroatoms. The van der Waals surface area contributed by atoms with Crippen molar-refractivity contribution in [3.05, 3.63) is 54.2 Å². The summed E-state index contributed by atoms with van der Waals surface area (Å²) in [5.74, 6) is 1.36. The molecule has 1 aromatic carbocycles. The Morgan fingerprint density at radius 3 is 2.58 bits per heavy atom. The highest BCUT2D eigenvalue weighted by atomic mass is 32.2. The Bertz CT molecular complexity index is 1190. The van der Waals surface area contributed by atoms with Crippen molar-refractivity contribution in [3.8, 4) is 0 Å². The summed E-state index contributed by atoms with van der Waals surface area (Å²) < 4.78 is 26.5. The third kappa shape index (κ3) is 4.69. The minimum atomic E-state index is -3.74. The molecule has 1 atom stereocenters. The van der Waals surface area contributed by atoms with Crippen molar-refractivity contribution in [1.29, 1.82) is 0 Å². The topological polar surface area (TPSA) is 120 Å².